The van der Waals surface area contributed by atoms with Crippen LogP contribution in [0.15, 0.2) is 18.2 Å². The second-order valence-electron chi connectivity index (χ2n) is 4.40. The third-order valence-corrected chi connectivity index (χ3v) is 5.08. The van der Waals surface area contributed by atoms with Crippen LogP contribution in [0.25, 0.3) is 10.1 Å². The fourth-order valence-corrected chi connectivity index (χ4v) is 3.56. The van der Waals surface area contributed by atoms with Crippen molar-refractivity contribution in [2.75, 3.05) is 18.1 Å². The van der Waals surface area contributed by atoms with E-state index < -0.39 is 5.97 Å². The Labute approximate surface area is 129 Å². The van der Waals surface area contributed by atoms with Crippen LogP contribution in [0.5, 0.6) is 0 Å². The Morgan fingerprint density at radius 1 is 1.43 bits per heavy atom. The quantitative estimate of drug-likeness (QED) is 0.801. The van der Waals surface area contributed by atoms with Crippen molar-refractivity contribution in [3.63, 3.8) is 0 Å². The Balaban J connectivity index is 1.99. The second kappa shape index (κ2) is 6.91. The molecular weight excluding hydrogens is 313 g/mol. The van der Waals surface area contributed by atoms with Crippen LogP contribution >= 0.6 is 23.1 Å². The molecule has 21 heavy (non-hydrogen) atoms. The molecule has 2 aromatic rings. The number of aliphatic carboxylic acids is 1. The van der Waals surface area contributed by atoms with E-state index in [-0.39, 0.29) is 17.5 Å². The summed E-state index contributed by atoms with van der Waals surface area (Å²) in [6.07, 6.45) is 0. The van der Waals surface area contributed by atoms with Gasteiger partial charge in [0.1, 0.15) is 5.82 Å². The number of carbonyl (C=O) groups is 2. The van der Waals surface area contributed by atoms with E-state index in [2.05, 4.69) is 5.32 Å². The van der Waals surface area contributed by atoms with Crippen LogP contribution < -0.4 is 5.32 Å². The Morgan fingerprint density at radius 3 is 2.90 bits per heavy atom. The highest BCUT2D eigenvalue weighted by Gasteiger charge is 2.15. The summed E-state index contributed by atoms with van der Waals surface area (Å²) in [5.74, 6) is -0.826. The van der Waals surface area contributed by atoms with Gasteiger partial charge in [-0.1, -0.05) is 0 Å². The van der Waals surface area contributed by atoms with Gasteiger partial charge in [-0.2, -0.15) is 0 Å². The third kappa shape index (κ3) is 3.95. The molecule has 4 nitrogen and oxygen atoms in total. The van der Waals surface area contributed by atoms with Gasteiger partial charge in [-0.15, -0.1) is 23.1 Å². The monoisotopic (exact) mass is 327 g/mol. The molecule has 7 heteroatoms. The average molecular weight is 327 g/mol. The van der Waals surface area contributed by atoms with Gasteiger partial charge < -0.3 is 10.4 Å². The Hall–Kier alpha value is -1.60. The first-order chi connectivity index (χ1) is 9.99. The highest BCUT2D eigenvalue weighted by molar-refractivity contribution is 7.99. The van der Waals surface area contributed by atoms with Crippen molar-refractivity contribution in [1.82, 2.24) is 5.32 Å². The van der Waals surface area contributed by atoms with Crippen LogP contribution in [0.2, 0.25) is 0 Å². The van der Waals surface area contributed by atoms with Crippen LogP contribution in [0.4, 0.5) is 4.39 Å². The molecule has 0 fully saturated rings. The molecule has 0 unspecified atom stereocenters. The lowest BCUT2D eigenvalue weighted by Gasteiger charge is -2.03. The van der Waals surface area contributed by atoms with Crippen LogP contribution in [0.1, 0.15) is 15.2 Å². The van der Waals surface area contributed by atoms with Crippen molar-refractivity contribution >= 4 is 45.1 Å². The number of carboxylic acid groups (broad SMARTS) is 1. The molecule has 0 saturated carbocycles. The highest BCUT2D eigenvalue weighted by Crippen LogP contribution is 2.31. The van der Waals surface area contributed by atoms with Crippen molar-refractivity contribution in [3.05, 3.63) is 34.5 Å². The van der Waals surface area contributed by atoms with Gasteiger partial charge >= 0.3 is 5.97 Å². The minimum absolute atomic E-state index is 0.0249. The molecule has 1 aromatic heterocycles. The number of rotatable bonds is 6. The van der Waals surface area contributed by atoms with Crippen molar-refractivity contribution in [1.29, 1.82) is 0 Å². The summed E-state index contributed by atoms with van der Waals surface area (Å²) < 4.78 is 14.1. The van der Waals surface area contributed by atoms with E-state index >= 15 is 0 Å². The van der Waals surface area contributed by atoms with E-state index in [0.717, 1.165) is 15.6 Å². The number of fused-ring (bicyclic) bond motifs is 1. The molecule has 1 aromatic carbocycles. The number of amides is 1. The van der Waals surface area contributed by atoms with E-state index in [1.54, 1.807) is 13.0 Å². The molecule has 2 rings (SSSR count). The van der Waals surface area contributed by atoms with E-state index in [1.807, 2.05) is 0 Å². The number of aryl methyl sites for hydroxylation is 1. The van der Waals surface area contributed by atoms with Crippen LogP contribution in [0, 0.1) is 12.7 Å². The van der Waals surface area contributed by atoms with Crippen LogP contribution in [-0.4, -0.2) is 35.0 Å². The molecule has 0 radical (unpaired) electrons. The van der Waals surface area contributed by atoms with E-state index in [0.29, 0.717) is 17.2 Å². The Bertz CT molecular complexity index is 684. The molecule has 0 atom stereocenters. The zero-order valence-electron chi connectivity index (χ0n) is 11.3. The predicted molar refractivity (Wildman–Crippen MR) is 83.8 cm³/mol. The number of halogens is 1. The molecule has 2 N–H and O–H groups in total. The Kier molecular flexibility index (Phi) is 5.19. The molecule has 0 spiro atoms. The molecule has 1 heterocycles. The summed E-state index contributed by atoms with van der Waals surface area (Å²) in [6, 6.07) is 4.48. The van der Waals surface area contributed by atoms with Crippen molar-refractivity contribution in [2.24, 2.45) is 0 Å². The lowest BCUT2D eigenvalue weighted by Crippen LogP contribution is -2.25. The standard InChI is InChI=1S/C14H14FNO3S2/c1-8-10-6-9(15)2-3-11(10)21-13(8)14(19)16-4-5-20-7-12(17)18/h2-3,6H,4-5,7H2,1H3,(H,16,19)(H,17,18). The molecule has 0 aliphatic carbocycles. The summed E-state index contributed by atoms with van der Waals surface area (Å²) in [7, 11) is 0. The maximum absolute atomic E-state index is 13.2. The van der Waals surface area contributed by atoms with Crippen LogP contribution in [-0.2, 0) is 4.79 Å². The summed E-state index contributed by atoms with van der Waals surface area (Å²) >= 11 is 2.58. The number of carboxylic acids is 1. The first-order valence-electron chi connectivity index (χ1n) is 6.25. The molecule has 0 aliphatic heterocycles. The zero-order chi connectivity index (χ0) is 15.4. The first kappa shape index (κ1) is 15.8. The number of hydrogen-bond acceptors (Lipinski definition) is 4. The maximum atomic E-state index is 13.2. The van der Waals surface area contributed by atoms with Crippen LogP contribution in [0.3, 0.4) is 0 Å². The maximum Gasteiger partial charge on any atom is 0.313 e. The van der Waals surface area contributed by atoms with Gasteiger partial charge in [0.05, 0.1) is 10.6 Å². The summed E-state index contributed by atoms with van der Waals surface area (Å²) in [5, 5.41) is 12.0. The van der Waals surface area contributed by atoms with Gasteiger partial charge in [0.15, 0.2) is 0 Å². The summed E-state index contributed by atoms with van der Waals surface area (Å²) in [4.78, 5) is 23.0. The highest BCUT2D eigenvalue weighted by atomic mass is 32.2. The van der Waals surface area contributed by atoms with Crippen molar-refractivity contribution in [3.8, 4) is 0 Å². The SMILES string of the molecule is Cc1c(C(=O)NCCSCC(=O)O)sc2ccc(F)cc12. The predicted octanol–water partition coefficient (Wildman–Crippen LogP) is 2.90. The van der Waals surface area contributed by atoms with E-state index in [4.69, 9.17) is 5.11 Å². The summed E-state index contributed by atoms with van der Waals surface area (Å²) in [5.41, 5.74) is 0.769. The largest absolute Gasteiger partial charge is 0.481 e. The number of thioether (sulfide) groups is 1. The Morgan fingerprint density at radius 2 is 2.19 bits per heavy atom. The minimum Gasteiger partial charge on any atom is -0.481 e. The number of hydrogen-bond donors (Lipinski definition) is 2. The smallest absolute Gasteiger partial charge is 0.313 e. The van der Waals surface area contributed by atoms with Crippen molar-refractivity contribution < 1.29 is 19.1 Å². The van der Waals surface area contributed by atoms with Gasteiger partial charge in [-0.25, -0.2) is 4.39 Å². The zero-order valence-corrected chi connectivity index (χ0v) is 12.9. The number of carbonyl (C=O) groups excluding carboxylic acids is 1. The number of thiophene rings is 1. The first-order valence-corrected chi connectivity index (χ1v) is 8.22. The molecule has 0 bridgehead atoms. The molecule has 0 saturated heterocycles. The fraction of sp³-hybridized carbons (Fsp3) is 0.286. The third-order valence-electron chi connectivity index (χ3n) is 2.86. The van der Waals surface area contributed by atoms with Gasteiger partial charge in [0.2, 0.25) is 0 Å². The molecular formula is C14H14FNO3S2. The number of nitrogens with one attached hydrogen (secondary N) is 1. The van der Waals surface area contributed by atoms with Gasteiger partial charge in [-0.05, 0) is 36.1 Å². The lowest BCUT2D eigenvalue weighted by atomic mass is 10.1. The molecule has 112 valence electrons. The molecule has 1 amide bonds. The topological polar surface area (TPSA) is 66.4 Å². The van der Waals surface area contributed by atoms with Gasteiger partial charge in [0.25, 0.3) is 5.91 Å². The summed E-state index contributed by atoms with van der Waals surface area (Å²) in [6.45, 7) is 2.20. The fourth-order valence-electron chi connectivity index (χ4n) is 1.89. The van der Waals surface area contributed by atoms with Crippen molar-refractivity contribution in [2.45, 2.75) is 6.92 Å². The second-order valence-corrected chi connectivity index (χ2v) is 6.56. The minimum atomic E-state index is -0.867. The van der Waals surface area contributed by atoms with E-state index in [1.165, 1.54) is 35.2 Å². The van der Waals surface area contributed by atoms with Gasteiger partial charge in [-0.3, -0.25) is 9.59 Å². The molecule has 0 aliphatic rings. The van der Waals surface area contributed by atoms with Gasteiger partial charge in [0, 0.05) is 17.0 Å². The normalized spacial score (nSPS) is 10.8. The van der Waals surface area contributed by atoms with E-state index in [9.17, 15) is 14.0 Å². The lowest BCUT2D eigenvalue weighted by molar-refractivity contribution is -0.133. The average Bonchev–Trinajstić information content (AvgIpc) is 2.75. The number of benzene rings is 1.